The summed E-state index contributed by atoms with van der Waals surface area (Å²) in [7, 11) is 1.62. The highest BCUT2D eigenvalue weighted by molar-refractivity contribution is 9.10. The van der Waals surface area contributed by atoms with Crippen molar-refractivity contribution in [2.75, 3.05) is 12.0 Å². The van der Waals surface area contributed by atoms with E-state index in [2.05, 4.69) is 21.2 Å². The number of rotatable bonds is 2. The Balaban J connectivity index is 1.84. The molecule has 25 heavy (non-hydrogen) atoms. The Morgan fingerprint density at radius 3 is 2.88 bits per heavy atom. The van der Waals surface area contributed by atoms with Crippen molar-refractivity contribution in [2.24, 2.45) is 0 Å². The van der Waals surface area contributed by atoms with Crippen molar-refractivity contribution in [3.05, 3.63) is 52.0 Å². The first kappa shape index (κ1) is 16.3. The fraction of sp³-hybridized carbons (Fsp3) is 0.316. The Morgan fingerprint density at radius 2 is 2.16 bits per heavy atom. The van der Waals surface area contributed by atoms with Crippen molar-refractivity contribution in [3.63, 3.8) is 0 Å². The average molecular weight is 403 g/mol. The maximum absolute atomic E-state index is 12.9. The van der Waals surface area contributed by atoms with Gasteiger partial charge in [0.2, 0.25) is 0 Å². The number of hydrogen-bond donors (Lipinski definition) is 1. The number of anilines is 1. The minimum absolute atomic E-state index is 0.117. The molecule has 2 heterocycles. The van der Waals surface area contributed by atoms with Crippen molar-refractivity contribution in [3.8, 4) is 11.5 Å². The van der Waals surface area contributed by atoms with E-state index in [9.17, 15) is 4.79 Å². The molecule has 1 fully saturated rings. The Kier molecular flexibility index (Phi) is 3.68. The van der Waals surface area contributed by atoms with Crippen molar-refractivity contribution in [1.82, 2.24) is 5.32 Å². The van der Waals surface area contributed by atoms with Gasteiger partial charge in [0.1, 0.15) is 0 Å². The molecule has 2 bridgehead atoms. The lowest BCUT2D eigenvalue weighted by molar-refractivity contribution is 0.0349. The molecule has 2 amide bonds. The van der Waals surface area contributed by atoms with Gasteiger partial charge in [0.15, 0.2) is 17.2 Å². The first-order valence-corrected chi connectivity index (χ1v) is 8.94. The summed E-state index contributed by atoms with van der Waals surface area (Å²) in [5, 5.41) is 3.11. The molecule has 0 spiro atoms. The summed E-state index contributed by atoms with van der Waals surface area (Å²) in [4.78, 5) is 14.6. The van der Waals surface area contributed by atoms with Crippen LogP contribution in [0.25, 0.3) is 0 Å². The average Bonchev–Trinajstić information content (AvgIpc) is 2.54. The third-order valence-corrected chi connectivity index (χ3v) is 5.24. The van der Waals surface area contributed by atoms with Crippen molar-refractivity contribution >= 4 is 27.6 Å². The summed E-state index contributed by atoms with van der Waals surface area (Å²) in [6.07, 6.45) is 0.652. The first-order valence-electron chi connectivity index (χ1n) is 8.15. The Morgan fingerprint density at radius 1 is 1.36 bits per heavy atom. The van der Waals surface area contributed by atoms with Gasteiger partial charge in [0.05, 0.1) is 13.2 Å². The maximum Gasteiger partial charge on any atom is 0.325 e. The van der Waals surface area contributed by atoms with Crippen LogP contribution >= 0.6 is 15.9 Å². The molecule has 5 nitrogen and oxygen atoms in total. The van der Waals surface area contributed by atoms with Gasteiger partial charge in [-0.25, -0.2) is 4.79 Å². The minimum Gasteiger partial charge on any atom is -0.493 e. The van der Waals surface area contributed by atoms with Gasteiger partial charge in [-0.2, -0.15) is 0 Å². The predicted molar refractivity (Wildman–Crippen MR) is 99.3 cm³/mol. The summed E-state index contributed by atoms with van der Waals surface area (Å²) in [5.41, 5.74) is 2.06. The molecule has 2 aliphatic heterocycles. The number of halogens is 1. The molecule has 1 saturated heterocycles. The van der Waals surface area contributed by atoms with E-state index < -0.39 is 5.72 Å². The topological polar surface area (TPSA) is 50.8 Å². The lowest BCUT2D eigenvalue weighted by Crippen LogP contribution is -2.65. The fourth-order valence-electron chi connectivity index (χ4n) is 3.71. The maximum atomic E-state index is 12.9. The summed E-state index contributed by atoms with van der Waals surface area (Å²) in [6.45, 7) is 3.96. The molecule has 4 rings (SSSR count). The second-order valence-corrected chi connectivity index (χ2v) is 7.60. The zero-order valence-corrected chi connectivity index (χ0v) is 15.9. The molecule has 0 aromatic heterocycles. The van der Waals surface area contributed by atoms with E-state index >= 15 is 0 Å². The molecule has 130 valence electrons. The fourth-order valence-corrected chi connectivity index (χ4v) is 4.16. The van der Waals surface area contributed by atoms with E-state index in [-0.39, 0.29) is 12.1 Å². The highest BCUT2D eigenvalue weighted by Gasteiger charge is 2.50. The molecular formula is C19H19BrN2O3. The third-order valence-electron chi connectivity index (χ3n) is 4.78. The van der Waals surface area contributed by atoms with Gasteiger partial charge >= 0.3 is 6.03 Å². The number of aryl methyl sites for hydroxylation is 1. The second kappa shape index (κ2) is 5.66. The minimum atomic E-state index is -0.783. The van der Waals surface area contributed by atoms with Crippen LogP contribution in [0.2, 0.25) is 0 Å². The summed E-state index contributed by atoms with van der Waals surface area (Å²) < 4.78 is 12.8. The Labute approximate surface area is 155 Å². The smallest absolute Gasteiger partial charge is 0.325 e. The van der Waals surface area contributed by atoms with Gasteiger partial charge in [-0.05, 0) is 43.7 Å². The zero-order chi connectivity index (χ0) is 17.8. The molecule has 6 heteroatoms. The number of benzene rings is 2. The van der Waals surface area contributed by atoms with E-state index in [0.717, 1.165) is 21.3 Å². The van der Waals surface area contributed by atoms with Crippen LogP contribution < -0.4 is 19.7 Å². The van der Waals surface area contributed by atoms with E-state index in [4.69, 9.17) is 9.47 Å². The highest BCUT2D eigenvalue weighted by atomic mass is 79.9. The molecule has 1 N–H and O–H groups in total. The van der Waals surface area contributed by atoms with Crippen molar-refractivity contribution < 1.29 is 14.3 Å². The Hall–Kier alpha value is -2.21. The molecule has 0 radical (unpaired) electrons. The molecule has 2 aliphatic rings. The predicted octanol–water partition coefficient (Wildman–Crippen LogP) is 4.54. The van der Waals surface area contributed by atoms with Crippen LogP contribution in [0.1, 0.15) is 30.5 Å². The normalized spacial score (nSPS) is 24.2. The van der Waals surface area contributed by atoms with Gasteiger partial charge in [0.25, 0.3) is 0 Å². The van der Waals surface area contributed by atoms with Crippen molar-refractivity contribution in [1.29, 1.82) is 0 Å². The summed E-state index contributed by atoms with van der Waals surface area (Å²) in [5.74, 6) is 1.34. The lowest BCUT2D eigenvalue weighted by atomic mass is 9.90. The van der Waals surface area contributed by atoms with Gasteiger partial charge < -0.3 is 14.8 Å². The molecule has 0 unspecified atom stereocenters. The Bertz CT molecular complexity index is 870. The number of carbonyl (C=O) groups excluding carboxylic acids is 1. The molecule has 0 saturated carbocycles. The lowest BCUT2D eigenvalue weighted by Gasteiger charge is -2.50. The van der Waals surface area contributed by atoms with Gasteiger partial charge in [-0.1, -0.05) is 28.1 Å². The highest BCUT2D eigenvalue weighted by Crippen LogP contribution is 2.50. The summed E-state index contributed by atoms with van der Waals surface area (Å²) >= 11 is 3.50. The van der Waals surface area contributed by atoms with Crippen LogP contribution in [-0.2, 0) is 0 Å². The number of nitrogens with one attached hydrogen (secondary N) is 1. The zero-order valence-electron chi connectivity index (χ0n) is 14.3. The number of amides is 2. The molecule has 2 aromatic rings. The largest absolute Gasteiger partial charge is 0.493 e. The van der Waals surface area contributed by atoms with Gasteiger partial charge in [-0.3, -0.25) is 4.90 Å². The van der Waals surface area contributed by atoms with Gasteiger partial charge in [0, 0.05) is 22.1 Å². The first-order chi connectivity index (χ1) is 11.9. The number of nitrogens with zero attached hydrogens (tertiary/aromatic N) is 1. The summed E-state index contributed by atoms with van der Waals surface area (Å²) in [6, 6.07) is 11.4. The number of methoxy groups -OCH3 is 1. The van der Waals surface area contributed by atoms with E-state index in [1.54, 1.807) is 12.0 Å². The third kappa shape index (κ3) is 2.56. The number of fused-ring (bicyclic) bond motifs is 4. The molecular weight excluding hydrogens is 384 g/mol. The molecule has 2 atom stereocenters. The van der Waals surface area contributed by atoms with Crippen LogP contribution in [0.15, 0.2) is 40.9 Å². The SMILES string of the molecule is COc1cc(Br)cc2c1O[C@]1(C)C[C@@H]2NC(=O)N1c1cccc(C)c1. The number of ether oxygens (including phenoxy) is 2. The van der Waals surface area contributed by atoms with E-state index in [1.165, 1.54) is 0 Å². The van der Waals surface area contributed by atoms with Crippen LogP contribution in [0, 0.1) is 6.92 Å². The molecule has 0 aliphatic carbocycles. The van der Waals surface area contributed by atoms with Crippen LogP contribution in [0.4, 0.5) is 10.5 Å². The van der Waals surface area contributed by atoms with E-state index in [1.807, 2.05) is 50.2 Å². The number of urea groups is 1. The van der Waals surface area contributed by atoms with E-state index in [0.29, 0.717) is 17.9 Å². The van der Waals surface area contributed by atoms with Crippen LogP contribution in [-0.4, -0.2) is 18.9 Å². The van der Waals surface area contributed by atoms with Crippen molar-refractivity contribution in [2.45, 2.75) is 32.0 Å². The molecule has 2 aromatic carbocycles. The van der Waals surface area contributed by atoms with Gasteiger partial charge in [-0.15, -0.1) is 0 Å². The van der Waals surface area contributed by atoms with Crippen LogP contribution in [0.3, 0.4) is 0 Å². The second-order valence-electron chi connectivity index (χ2n) is 6.68. The van der Waals surface area contributed by atoms with Crippen LogP contribution in [0.5, 0.6) is 11.5 Å². The quantitative estimate of drug-likeness (QED) is 0.802. The number of hydrogen-bond acceptors (Lipinski definition) is 3. The number of carbonyl (C=O) groups is 1. The standard InChI is InChI=1S/C19H19BrN2O3/c1-11-5-4-6-13(7-11)22-18(23)21-15-10-19(22,2)25-17-14(15)8-12(20)9-16(17)24-3/h4-9,15H,10H2,1-3H3,(H,21,23)/t15-,19+/m0/s1. The monoisotopic (exact) mass is 402 g/mol.